The Morgan fingerprint density at radius 2 is 2.00 bits per heavy atom. The van der Waals surface area contributed by atoms with E-state index >= 15 is 0 Å². The summed E-state index contributed by atoms with van der Waals surface area (Å²) in [6.45, 7) is 2.90. The van der Waals surface area contributed by atoms with E-state index in [9.17, 15) is 4.79 Å². The summed E-state index contributed by atoms with van der Waals surface area (Å²) in [4.78, 5) is 24.2. The van der Waals surface area contributed by atoms with Gasteiger partial charge in [0.15, 0.2) is 0 Å². The second-order valence-electron chi connectivity index (χ2n) is 7.91. The number of hydrogen-bond donors (Lipinski definition) is 0. The van der Waals surface area contributed by atoms with Crippen LogP contribution in [0.25, 0.3) is 11.0 Å². The molecular formula is C24H23ClN4O2. The van der Waals surface area contributed by atoms with Crippen LogP contribution in [0.4, 0.5) is 0 Å². The molecule has 0 N–H and O–H groups in total. The number of amides is 1. The molecule has 0 aliphatic carbocycles. The van der Waals surface area contributed by atoms with Crippen LogP contribution in [0.5, 0.6) is 0 Å². The Balaban J connectivity index is 1.34. The molecule has 0 spiro atoms. The van der Waals surface area contributed by atoms with Gasteiger partial charge in [0, 0.05) is 18.0 Å². The molecule has 3 heterocycles. The van der Waals surface area contributed by atoms with Crippen LogP contribution in [0.15, 0.2) is 59.1 Å². The maximum atomic E-state index is 13.2. The minimum Gasteiger partial charge on any atom is -0.443 e. The van der Waals surface area contributed by atoms with Gasteiger partial charge in [0.25, 0.3) is 0 Å². The maximum absolute atomic E-state index is 13.2. The van der Waals surface area contributed by atoms with E-state index < -0.39 is 0 Å². The lowest BCUT2D eigenvalue weighted by Crippen LogP contribution is -2.33. The molecule has 6 nitrogen and oxygen atoms in total. The summed E-state index contributed by atoms with van der Waals surface area (Å²) >= 11 is 6.27. The van der Waals surface area contributed by atoms with Crippen molar-refractivity contribution in [3.8, 4) is 0 Å². The normalized spacial score (nSPS) is 16.3. The number of likely N-dealkylation sites (tertiary alicyclic amines) is 1. The predicted octanol–water partition coefficient (Wildman–Crippen LogP) is 4.94. The SMILES string of the molecule is Cc1nc2ccccc2n1CC(=O)N1CCC[C@@H]1c1ncc(Cc2ccccc2Cl)o1. The first-order valence-corrected chi connectivity index (χ1v) is 10.9. The van der Waals surface area contributed by atoms with Gasteiger partial charge in [-0.05, 0) is 43.5 Å². The number of oxazole rings is 1. The first-order chi connectivity index (χ1) is 15.1. The van der Waals surface area contributed by atoms with Gasteiger partial charge < -0.3 is 13.9 Å². The van der Waals surface area contributed by atoms with Crippen molar-refractivity contribution in [1.82, 2.24) is 19.4 Å². The monoisotopic (exact) mass is 434 g/mol. The highest BCUT2D eigenvalue weighted by molar-refractivity contribution is 6.31. The van der Waals surface area contributed by atoms with Crippen molar-refractivity contribution in [3.05, 3.63) is 82.8 Å². The number of aryl methyl sites for hydroxylation is 1. The first-order valence-electron chi connectivity index (χ1n) is 10.5. The summed E-state index contributed by atoms with van der Waals surface area (Å²) in [5, 5.41) is 0.709. The quantitative estimate of drug-likeness (QED) is 0.446. The summed E-state index contributed by atoms with van der Waals surface area (Å²) in [5.41, 5.74) is 2.87. The highest BCUT2D eigenvalue weighted by atomic mass is 35.5. The number of rotatable bonds is 5. The Morgan fingerprint density at radius 1 is 1.19 bits per heavy atom. The number of hydrogen-bond acceptors (Lipinski definition) is 4. The van der Waals surface area contributed by atoms with Gasteiger partial charge in [-0.3, -0.25) is 4.79 Å². The lowest BCUT2D eigenvalue weighted by molar-refractivity contribution is -0.133. The number of benzene rings is 2. The molecule has 2 aromatic heterocycles. The predicted molar refractivity (Wildman–Crippen MR) is 119 cm³/mol. The molecule has 0 saturated carbocycles. The van der Waals surface area contributed by atoms with Crippen LogP contribution in [-0.2, 0) is 17.8 Å². The van der Waals surface area contributed by atoms with Gasteiger partial charge in [0.2, 0.25) is 11.8 Å². The van der Waals surface area contributed by atoms with Gasteiger partial charge in [-0.2, -0.15) is 0 Å². The fourth-order valence-electron chi connectivity index (χ4n) is 4.33. The Labute approximate surface area is 185 Å². The van der Waals surface area contributed by atoms with Crippen molar-refractivity contribution >= 4 is 28.5 Å². The second-order valence-corrected chi connectivity index (χ2v) is 8.32. The standard InChI is InChI=1S/C24H23ClN4O2/c1-16-27-20-9-4-5-10-21(20)29(16)15-23(30)28-12-6-11-22(28)24-26-14-18(31-24)13-17-7-2-3-8-19(17)25/h2-5,7-10,14,22H,6,11-13,15H2,1H3/t22-/m1/s1. The number of aromatic nitrogens is 3. The summed E-state index contributed by atoms with van der Waals surface area (Å²) in [6.07, 6.45) is 4.10. The van der Waals surface area contributed by atoms with Crippen molar-refractivity contribution in [2.45, 2.75) is 38.8 Å². The Hall–Kier alpha value is -3.12. The van der Waals surface area contributed by atoms with E-state index in [0.29, 0.717) is 23.9 Å². The molecule has 2 aromatic carbocycles. The highest BCUT2D eigenvalue weighted by Crippen LogP contribution is 2.33. The smallest absolute Gasteiger partial charge is 0.243 e. The molecule has 1 amide bonds. The van der Waals surface area contributed by atoms with E-state index in [0.717, 1.165) is 41.0 Å². The van der Waals surface area contributed by atoms with E-state index in [-0.39, 0.29) is 18.5 Å². The zero-order valence-corrected chi connectivity index (χ0v) is 18.0. The first kappa shape index (κ1) is 19.8. The molecule has 1 saturated heterocycles. The van der Waals surface area contributed by atoms with Crippen molar-refractivity contribution in [2.75, 3.05) is 6.54 Å². The zero-order valence-electron chi connectivity index (χ0n) is 17.3. The van der Waals surface area contributed by atoms with Crippen LogP contribution < -0.4 is 0 Å². The van der Waals surface area contributed by atoms with Crippen LogP contribution in [-0.4, -0.2) is 31.9 Å². The summed E-state index contributed by atoms with van der Waals surface area (Å²) in [7, 11) is 0. The van der Waals surface area contributed by atoms with Gasteiger partial charge in [-0.15, -0.1) is 0 Å². The summed E-state index contributed by atoms with van der Waals surface area (Å²) < 4.78 is 8.03. The zero-order chi connectivity index (χ0) is 21.4. The average molecular weight is 435 g/mol. The van der Waals surface area contributed by atoms with Crippen LogP contribution in [0.1, 0.15) is 41.9 Å². The highest BCUT2D eigenvalue weighted by Gasteiger charge is 2.33. The number of halogens is 1. The van der Waals surface area contributed by atoms with Gasteiger partial charge >= 0.3 is 0 Å². The molecule has 4 aromatic rings. The third-order valence-corrected chi connectivity index (χ3v) is 6.26. The molecule has 1 fully saturated rings. The molecule has 0 unspecified atom stereocenters. The van der Waals surface area contributed by atoms with Crippen molar-refractivity contribution in [3.63, 3.8) is 0 Å². The Morgan fingerprint density at radius 3 is 2.87 bits per heavy atom. The van der Waals surface area contributed by atoms with E-state index in [2.05, 4.69) is 9.97 Å². The van der Waals surface area contributed by atoms with Gasteiger partial charge in [-0.25, -0.2) is 9.97 Å². The topological polar surface area (TPSA) is 64.2 Å². The molecule has 5 rings (SSSR count). The fourth-order valence-corrected chi connectivity index (χ4v) is 4.53. The van der Waals surface area contributed by atoms with E-state index in [1.54, 1.807) is 6.20 Å². The van der Waals surface area contributed by atoms with E-state index in [1.165, 1.54) is 0 Å². The Kier molecular flexibility index (Phi) is 5.24. The number of carbonyl (C=O) groups is 1. The molecule has 1 aliphatic heterocycles. The largest absolute Gasteiger partial charge is 0.443 e. The number of imidazole rings is 1. The average Bonchev–Trinajstić information content (AvgIpc) is 3.49. The third-order valence-electron chi connectivity index (χ3n) is 5.89. The number of carbonyl (C=O) groups excluding carboxylic acids is 1. The lowest BCUT2D eigenvalue weighted by Gasteiger charge is -2.23. The maximum Gasteiger partial charge on any atom is 0.243 e. The van der Waals surface area contributed by atoms with E-state index in [1.807, 2.05) is 64.9 Å². The van der Waals surface area contributed by atoms with Crippen molar-refractivity contribution < 1.29 is 9.21 Å². The van der Waals surface area contributed by atoms with Crippen LogP contribution in [0, 0.1) is 6.92 Å². The summed E-state index contributed by atoms with van der Waals surface area (Å²) in [5.74, 6) is 2.24. The second kappa shape index (κ2) is 8.19. The number of nitrogens with zero attached hydrogens (tertiary/aromatic N) is 4. The number of fused-ring (bicyclic) bond motifs is 1. The minimum absolute atomic E-state index is 0.0552. The molecule has 1 aliphatic rings. The lowest BCUT2D eigenvalue weighted by atomic mass is 10.1. The molecule has 158 valence electrons. The molecule has 0 radical (unpaired) electrons. The fraction of sp³-hybridized carbons (Fsp3) is 0.292. The summed E-state index contributed by atoms with van der Waals surface area (Å²) in [6, 6.07) is 15.5. The van der Waals surface area contributed by atoms with E-state index in [4.69, 9.17) is 16.0 Å². The van der Waals surface area contributed by atoms with Gasteiger partial charge in [-0.1, -0.05) is 41.9 Å². The van der Waals surface area contributed by atoms with Crippen LogP contribution in [0.3, 0.4) is 0 Å². The van der Waals surface area contributed by atoms with Crippen molar-refractivity contribution in [1.29, 1.82) is 0 Å². The Bertz CT molecular complexity index is 1250. The molecule has 0 bridgehead atoms. The van der Waals surface area contributed by atoms with Crippen LogP contribution in [0.2, 0.25) is 5.02 Å². The number of para-hydroxylation sites is 2. The molecular weight excluding hydrogens is 412 g/mol. The minimum atomic E-state index is -0.136. The molecule has 7 heteroatoms. The van der Waals surface area contributed by atoms with Gasteiger partial charge in [0.1, 0.15) is 24.2 Å². The third kappa shape index (κ3) is 3.83. The van der Waals surface area contributed by atoms with Crippen LogP contribution >= 0.6 is 11.6 Å². The van der Waals surface area contributed by atoms with Gasteiger partial charge in [0.05, 0.1) is 17.2 Å². The molecule has 1 atom stereocenters. The van der Waals surface area contributed by atoms with Crippen molar-refractivity contribution in [2.24, 2.45) is 0 Å². The molecule has 31 heavy (non-hydrogen) atoms.